The zero-order valence-electron chi connectivity index (χ0n) is 19.2. The molecule has 0 aliphatic carbocycles. The van der Waals surface area contributed by atoms with Gasteiger partial charge in [0.1, 0.15) is 5.82 Å². The summed E-state index contributed by atoms with van der Waals surface area (Å²) in [7, 11) is 0. The van der Waals surface area contributed by atoms with E-state index in [4.69, 9.17) is 4.74 Å². The van der Waals surface area contributed by atoms with Crippen molar-refractivity contribution in [1.29, 1.82) is 0 Å². The molecule has 4 heterocycles. The number of hydrogen-bond acceptors (Lipinski definition) is 5. The summed E-state index contributed by atoms with van der Waals surface area (Å²) in [6.07, 6.45) is 5.85. The first-order valence-corrected chi connectivity index (χ1v) is 11.8. The lowest BCUT2D eigenvalue weighted by Gasteiger charge is -2.42. The Morgan fingerprint density at radius 1 is 1.19 bits per heavy atom. The molecule has 0 N–H and O–H groups in total. The predicted octanol–water partition coefficient (Wildman–Crippen LogP) is 3.29. The summed E-state index contributed by atoms with van der Waals surface area (Å²) >= 11 is 0. The van der Waals surface area contributed by atoms with Crippen LogP contribution in [0.25, 0.3) is 0 Å². The van der Waals surface area contributed by atoms with Crippen molar-refractivity contribution in [3.8, 4) is 0 Å². The van der Waals surface area contributed by atoms with Crippen LogP contribution in [-0.4, -0.2) is 72.7 Å². The molecule has 1 spiro atoms. The summed E-state index contributed by atoms with van der Waals surface area (Å²) < 4.78 is 5.13. The molecule has 7 heteroatoms. The molecule has 3 aliphatic rings. The van der Waals surface area contributed by atoms with Crippen molar-refractivity contribution in [1.82, 2.24) is 14.8 Å². The molecule has 3 aliphatic heterocycles. The van der Waals surface area contributed by atoms with Gasteiger partial charge in [0.15, 0.2) is 0 Å². The van der Waals surface area contributed by atoms with Crippen LogP contribution in [-0.2, 0) is 14.9 Å². The van der Waals surface area contributed by atoms with Crippen LogP contribution in [0.3, 0.4) is 0 Å². The maximum absolute atomic E-state index is 12.8. The zero-order valence-corrected chi connectivity index (χ0v) is 19.2. The third-order valence-electron chi connectivity index (χ3n) is 7.30. The highest BCUT2D eigenvalue weighted by Crippen LogP contribution is 2.46. The fraction of sp³-hybridized carbons (Fsp3) is 0.708. The Labute approximate surface area is 185 Å². The lowest BCUT2D eigenvalue weighted by atomic mass is 9.74. The molecule has 31 heavy (non-hydrogen) atoms. The van der Waals surface area contributed by atoms with Crippen LogP contribution >= 0.6 is 0 Å². The minimum atomic E-state index is -0.171. The lowest BCUT2D eigenvalue weighted by Crippen LogP contribution is -2.48. The Balaban J connectivity index is 1.34. The molecule has 0 saturated carbocycles. The number of amides is 2. The molecule has 2 amide bonds. The Kier molecular flexibility index (Phi) is 6.51. The van der Waals surface area contributed by atoms with Gasteiger partial charge in [-0.2, -0.15) is 0 Å². The van der Waals surface area contributed by atoms with Gasteiger partial charge in [-0.05, 0) is 57.7 Å². The molecule has 0 radical (unpaired) electrons. The van der Waals surface area contributed by atoms with Gasteiger partial charge in [-0.25, -0.2) is 9.78 Å². The SMILES string of the molecule is CCOC(=O)N1CCC(CN2CCC3(CC2)CN(C(=O)C(C)C)c2ncccc23)CC1. The molecule has 0 unspecified atom stereocenters. The largest absolute Gasteiger partial charge is 0.450 e. The number of nitrogens with zero attached hydrogens (tertiary/aromatic N) is 4. The number of pyridine rings is 1. The number of piperidine rings is 2. The van der Waals surface area contributed by atoms with E-state index in [2.05, 4.69) is 16.0 Å². The Bertz CT molecular complexity index is 796. The third-order valence-corrected chi connectivity index (χ3v) is 7.30. The molecule has 170 valence electrons. The van der Waals surface area contributed by atoms with E-state index in [1.807, 2.05) is 36.6 Å². The highest BCUT2D eigenvalue weighted by atomic mass is 16.6. The fourth-order valence-corrected chi connectivity index (χ4v) is 5.45. The second-order valence-corrected chi connectivity index (χ2v) is 9.66. The van der Waals surface area contributed by atoms with Gasteiger partial charge in [0.2, 0.25) is 5.91 Å². The molecule has 0 atom stereocenters. The van der Waals surface area contributed by atoms with Crippen molar-refractivity contribution >= 4 is 17.8 Å². The Morgan fingerprint density at radius 2 is 1.90 bits per heavy atom. The van der Waals surface area contributed by atoms with Crippen LogP contribution < -0.4 is 4.90 Å². The van der Waals surface area contributed by atoms with Crippen LogP contribution in [0.5, 0.6) is 0 Å². The molecule has 1 aromatic rings. The number of fused-ring (bicyclic) bond motifs is 2. The van der Waals surface area contributed by atoms with Crippen LogP contribution in [0.15, 0.2) is 18.3 Å². The summed E-state index contributed by atoms with van der Waals surface area (Å²) in [6, 6.07) is 4.18. The van der Waals surface area contributed by atoms with Gasteiger partial charge in [0.25, 0.3) is 0 Å². The number of rotatable bonds is 4. The molecule has 0 aromatic carbocycles. The smallest absolute Gasteiger partial charge is 0.409 e. The molecular formula is C24H36N4O3. The Hall–Kier alpha value is -2.15. The van der Waals surface area contributed by atoms with E-state index in [0.29, 0.717) is 12.5 Å². The van der Waals surface area contributed by atoms with Gasteiger partial charge >= 0.3 is 6.09 Å². The third kappa shape index (κ3) is 4.43. The number of aromatic nitrogens is 1. The number of hydrogen-bond donors (Lipinski definition) is 0. The van der Waals surface area contributed by atoms with Gasteiger partial charge in [-0.1, -0.05) is 19.9 Å². The second kappa shape index (κ2) is 9.15. The molecule has 0 bridgehead atoms. The van der Waals surface area contributed by atoms with E-state index in [-0.39, 0.29) is 23.3 Å². The molecule has 1 aromatic heterocycles. The molecule has 4 rings (SSSR count). The van der Waals surface area contributed by atoms with Crippen molar-refractivity contribution in [2.45, 2.75) is 51.9 Å². The number of anilines is 1. The summed E-state index contributed by atoms with van der Waals surface area (Å²) in [5.74, 6) is 1.66. The maximum Gasteiger partial charge on any atom is 0.409 e. The monoisotopic (exact) mass is 428 g/mol. The first-order chi connectivity index (χ1) is 14.9. The van der Waals surface area contributed by atoms with Crippen LogP contribution in [0, 0.1) is 11.8 Å². The van der Waals surface area contributed by atoms with Crippen LogP contribution in [0.2, 0.25) is 0 Å². The molecule has 7 nitrogen and oxygen atoms in total. The topological polar surface area (TPSA) is 66.0 Å². The number of ether oxygens (including phenoxy) is 1. The van der Waals surface area contributed by atoms with E-state index in [9.17, 15) is 9.59 Å². The standard InChI is InChI=1S/C24H36N4O3/c1-4-31-23(30)27-12-7-19(8-13-27)16-26-14-9-24(10-15-26)17-28(22(29)18(2)3)21-20(24)6-5-11-25-21/h5-6,11,18-19H,4,7-10,12-17H2,1-3H3. The van der Waals surface area contributed by atoms with Gasteiger partial charge in [0.05, 0.1) is 6.61 Å². The minimum absolute atomic E-state index is 0.0226. The van der Waals surface area contributed by atoms with Crippen LogP contribution in [0.1, 0.15) is 52.0 Å². The van der Waals surface area contributed by atoms with E-state index in [1.165, 1.54) is 5.56 Å². The highest BCUT2D eigenvalue weighted by molar-refractivity contribution is 5.96. The summed E-state index contributed by atoms with van der Waals surface area (Å²) in [5.41, 5.74) is 1.30. The van der Waals surface area contributed by atoms with Crippen molar-refractivity contribution in [2.75, 3.05) is 50.8 Å². The maximum atomic E-state index is 12.8. The van der Waals surface area contributed by atoms with Crippen molar-refractivity contribution < 1.29 is 14.3 Å². The first-order valence-electron chi connectivity index (χ1n) is 11.8. The average molecular weight is 429 g/mol. The lowest BCUT2D eigenvalue weighted by molar-refractivity contribution is -0.121. The van der Waals surface area contributed by atoms with Gasteiger partial charge in [-0.3, -0.25) is 9.69 Å². The van der Waals surface area contributed by atoms with E-state index in [0.717, 1.165) is 70.8 Å². The quantitative estimate of drug-likeness (QED) is 0.736. The molecular weight excluding hydrogens is 392 g/mol. The van der Waals surface area contributed by atoms with Gasteiger partial charge < -0.3 is 14.5 Å². The highest BCUT2D eigenvalue weighted by Gasteiger charge is 2.47. The van der Waals surface area contributed by atoms with Crippen LogP contribution in [0.4, 0.5) is 10.6 Å². The second-order valence-electron chi connectivity index (χ2n) is 9.66. The number of carbonyl (C=O) groups excluding carboxylic acids is 2. The predicted molar refractivity (Wildman–Crippen MR) is 120 cm³/mol. The zero-order chi connectivity index (χ0) is 22.0. The summed E-state index contributed by atoms with van der Waals surface area (Å²) in [4.78, 5) is 35.7. The number of carbonyl (C=O) groups is 2. The summed E-state index contributed by atoms with van der Waals surface area (Å²) in [6.45, 7) is 11.8. The van der Waals surface area contributed by atoms with Gasteiger partial charge in [0, 0.05) is 49.3 Å². The normalized spacial score (nSPS) is 21.5. The molecule has 2 fully saturated rings. The van der Waals surface area contributed by atoms with E-state index in [1.54, 1.807) is 6.20 Å². The molecule has 2 saturated heterocycles. The Morgan fingerprint density at radius 3 is 2.55 bits per heavy atom. The summed E-state index contributed by atoms with van der Waals surface area (Å²) in [5, 5.41) is 0. The minimum Gasteiger partial charge on any atom is -0.450 e. The van der Waals surface area contributed by atoms with Crippen molar-refractivity contribution in [2.24, 2.45) is 11.8 Å². The number of likely N-dealkylation sites (tertiary alicyclic amines) is 2. The average Bonchev–Trinajstić information content (AvgIpc) is 3.10. The first kappa shape index (κ1) is 22.1. The fourth-order valence-electron chi connectivity index (χ4n) is 5.45. The van der Waals surface area contributed by atoms with E-state index >= 15 is 0 Å². The van der Waals surface area contributed by atoms with Crippen molar-refractivity contribution in [3.63, 3.8) is 0 Å². The van der Waals surface area contributed by atoms with Gasteiger partial charge in [-0.15, -0.1) is 0 Å². The van der Waals surface area contributed by atoms with E-state index < -0.39 is 0 Å². The van der Waals surface area contributed by atoms with Crippen molar-refractivity contribution in [3.05, 3.63) is 23.9 Å².